The predicted octanol–water partition coefficient (Wildman–Crippen LogP) is 3.74. The van der Waals surface area contributed by atoms with Gasteiger partial charge in [0, 0.05) is 38.7 Å². The number of amides is 2. The number of hydrogen-bond donors (Lipinski definition) is 0. The Hall–Kier alpha value is -1.88. The molecule has 0 unspecified atom stereocenters. The maximum atomic E-state index is 12.9. The first kappa shape index (κ1) is 21.8. The van der Waals surface area contributed by atoms with E-state index in [-0.39, 0.29) is 23.3 Å². The van der Waals surface area contributed by atoms with Gasteiger partial charge in [0.2, 0.25) is 5.91 Å². The monoisotopic (exact) mass is 399 g/mol. The molecule has 5 heteroatoms. The minimum atomic E-state index is -0.297. The highest BCUT2D eigenvalue weighted by Gasteiger charge is 2.46. The third-order valence-corrected chi connectivity index (χ3v) is 7.18. The molecule has 2 amide bonds. The van der Waals surface area contributed by atoms with Crippen molar-refractivity contribution in [3.05, 3.63) is 35.4 Å². The number of benzene rings is 1. The molecule has 0 N–H and O–H groups in total. The van der Waals surface area contributed by atoms with Crippen LogP contribution in [-0.4, -0.2) is 66.8 Å². The van der Waals surface area contributed by atoms with E-state index < -0.39 is 0 Å². The van der Waals surface area contributed by atoms with E-state index in [9.17, 15) is 9.59 Å². The lowest BCUT2D eigenvalue weighted by Gasteiger charge is -2.37. The van der Waals surface area contributed by atoms with Gasteiger partial charge < -0.3 is 14.7 Å². The van der Waals surface area contributed by atoms with Gasteiger partial charge in [0.25, 0.3) is 5.91 Å². The fraction of sp³-hybridized carbons (Fsp3) is 0.667. The van der Waals surface area contributed by atoms with Gasteiger partial charge in [0.15, 0.2) is 0 Å². The summed E-state index contributed by atoms with van der Waals surface area (Å²) in [5.74, 6) is 0.273. The van der Waals surface area contributed by atoms with E-state index in [0.717, 1.165) is 56.6 Å². The summed E-state index contributed by atoms with van der Waals surface area (Å²) in [7, 11) is 3.84. The Kier molecular flexibility index (Phi) is 6.99. The van der Waals surface area contributed by atoms with Crippen LogP contribution in [-0.2, 0) is 10.3 Å². The number of rotatable bonds is 8. The Morgan fingerprint density at radius 2 is 1.90 bits per heavy atom. The number of likely N-dealkylation sites (tertiary alicyclic amines) is 1. The van der Waals surface area contributed by atoms with Crippen molar-refractivity contribution in [3.63, 3.8) is 0 Å². The number of nitrogens with zero attached hydrogens (tertiary/aromatic N) is 3. The third kappa shape index (κ3) is 4.35. The molecule has 0 saturated carbocycles. The van der Waals surface area contributed by atoms with Crippen molar-refractivity contribution in [2.75, 3.05) is 40.3 Å². The molecule has 160 valence electrons. The third-order valence-electron chi connectivity index (χ3n) is 7.18. The molecule has 0 aliphatic carbocycles. The first-order valence-electron chi connectivity index (χ1n) is 11.3. The summed E-state index contributed by atoms with van der Waals surface area (Å²) in [4.78, 5) is 31.9. The molecular formula is C24H37N3O2. The molecule has 2 heterocycles. The number of likely N-dealkylation sites (N-methyl/N-ethyl adjacent to an activating group) is 1. The van der Waals surface area contributed by atoms with E-state index in [1.807, 2.05) is 49.0 Å². The van der Waals surface area contributed by atoms with E-state index in [1.54, 1.807) is 0 Å². The van der Waals surface area contributed by atoms with Crippen molar-refractivity contribution in [1.82, 2.24) is 14.7 Å². The Bertz CT molecular complexity index is 729. The zero-order valence-electron chi connectivity index (χ0n) is 18.6. The number of hydrogen-bond acceptors (Lipinski definition) is 3. The van der Waals surface area contributed by atoms with Crippen LogP contribution in [0.15, 0.2) is 24.3 Å². The maximum Gasteiger partial charge on any atom is 0.254 e. The lowest BCUT2D eigenvalue weighted by atomic mass is 9.81. The van der Waals surface area contributed by atoms with Gasteiger partial charge in [-0.1, -0.05) is 38.5 Å². The summed E-state index contributed by atoms with van der Waals surface area (Å²) in [5.41, 5.74) is 1.64. The zero-order valence-corrected chi connectivity index (χ0v) is 18.6. The van der Waals surface area contributed by atoms with Gasteiger partial charge in [-0.3, -0.25) is 9.59 Å². The normalized spacial score (nSPS) is 23.2. The highest BCUT2D eigenvalue weighted by atomic mass is 16.2. The summed E-state index contributed by atoms with van der Waals surface area (Å²) in [6, 6.07) is 7.95. The lowest BCUT2D eigenvalue weighted by Crippen LogP contribution is -2.42. The summed E-state index contributed by atoms with van der Waals surface area (Å²) in [6.07, 6.45) is 6.35. The molecule has 0 radical (unpaired) electrons. The van der Waals surface area contributed by atoms with Crippen LogP contribution in [0.4, 0.5) is 0 Å². The number of carbonyl (C=O) groups excluding carboxylic acids is 2. The standard InChI is InChI=1S/C24H37N3O2/c1-5-24(21-12-8-7-11-20(21)23(29)26(24)4)14-13-19(2)22(28)25(3)17-18-27-15-9-6-10-16-27/h7-8,11-12,19H,5-6,9-10,13-18H2,1-4H3/t19-,24+/m1/s1. The quantitative estimate of drug-likeness (QED) is 0.669. The summed E-state index contributed by atoms with van der Waals surface area (Å²) >= 11 is 0. The zero-order chi connectivity index (χ0) is 21.0. The first-order valence-corrected chi connectivity index (χ1v) is 11.3. The highest BCUT2D eigenvalue weighted by Crippen LogP contribution is 2.44. The van der Waals surface area contributed by atoms with Gasteiger partial charge in [-0.05, 0) is 56.8 Å². The smallest absolute Gasteiger partial charge is 0.254 e. The molecular weight excluding hydrogens is 362 g/mol. The number of piperidine rings is 1. The molecule has 1 saturated heterocycles. The average Bonchev–Trinajstić information content (AvgIpc) is 2.98. The largest absolute Gasteiger partial charge is 0.344 e. The van der Waals surface area contributed by atoms with E-state index >= 15 is 0 Å². The van der Waals surface area contributed by atoms with Crippen molar-refractivity contribution in [3.8, 4) is 0 Å². The molecule has 0 bridgehead atoms. The fourth-order valence-corrected chi connectivity index (χ4v) is 5.08. The van der Waals surface area contributed by atoms with Crippen LogP contribution in [0.2, 0.25) is 0 Å². The van der Waals surface area contributed by atoms with Crippen molar-refractivity contribution in [2.45, 2.75) is 57.9 Å². The molecule has 2 aliphatic heterocycles. The summed E-state index contributed by atoms with van der Waals surface area (Å²) in [5, 5.41) is 0. The minimum absolute atomic E-state index is 0.0407. The number of carbonyl (C=O) groups is 2. The molecule has 0 aromatic heterocycles. The van der Waals surface area contributed by atoms with Gasteiger partial charge in [-0.25, -0.2) is 0 Å². The molecule has 1 aromatic rings. The molecule has 2 atom stereocenters. The summed E-state index contributed by atoms with van der Waals surface area (Å²) in [6.45, 7) is 8.27. The molecule has 2 aliphatic rings. The van der Waals surface area contributed by atoms with Crippen LogP contribution >= 0.6 is 0 Å². The van der Waals surface area contributed by atoms with Crippen LogP contribution in [0.5, 0.6) is 0 Å². The molecule has 0 spiro atoms. The van der Waals surface area contributed by atoms with E-state index in [0.29, 0.717) is 0 Å². The molecule has 1 aromatic carbocycles. The Morgan fingerprint density at radius 1 is 1.21 bits per heavy atom. The summed E-state index contributed by atoms with van der Waals surface area (Å²) < 4.78 is 0. The number of fused-ring (bicyclic) bond motifs is 1. The average molecular weight is 400 g/mol. The van der Waals surface area contributed by atoms with Crippen LogP contribution in [0.3, 0.4) is 0 Å². The van der Waals surface area contributed by atoms with Gasteiger partial charge in [0.05, 0.1) is 5.54 Å². The predicted molar refractivity (Wildman–Crippen MR) is 117 cm³/mol. The second-order valence-electron chi connectivity index (χ2n) is 8.90. The van der Waals surface area contributed by atoms with E-state index in [4.69, 9.17) is 0 Å². The van der Waals surface area contributed by atoms with Crippen LogP contribution in [0.25, 0.3) is 0 Å². The Balaban J connectivity index is 1.59. The van der Waals surface area contributed by atoms with Crippen molar-refractivity contribution < 1.29 is 9.59 Å². The van der Waals surface area contributed by atoms with Crippen molar-refractivity contribution in [2.24, 2.45) is 5.92 Å². The minimum Gasteiger partial charge on any atom is -0.344 e. The second-order valence-corrected chi connectivity index (χ2v) is 8.90. The molecule has 5 nitrogen and oxygen atoms in total. The van der Waals surface area contributed by atoms with E-state index in [2.05, 4.69) is 17.9 Å². The Labute approximate surface area is 176 Å². The van der Waals surface area contributed by atoms with Gasteiger partial charge in [0.1, 0.15) is 0 Å². The van der Waals surface area contributed by atoms with Gasteiger partial charge >= 0.3 is 0 Å². The lowest BCUT2D eigenvalue weighted by molar-refractivity contribution is -0.134. The fourth-order valence-electron chi connectivity index (χ4n) is 5.08. The van der Waals surface area contributed by atoms with Crippen molar-refractivity contribution in [1.29, 1.82) is 0 Å². The molecule has 1 fully saturated rings. The SMILES string of the molecule is CC[C@]1(CC[C@@H](C)C(=O)N(C)CCN2CCCCC2)c2ccccc2C(=O)N1C. The van der Waals surface area contributed by atoms with Crippen LogP contribution in [0, 0.1) is 5.92 Å². The highest BCUT2D eigenvalue weighted by molar-refractivity contribution is 5.99. The Morgan fingerprint density at radius 3 is 2.59 bits per heavy atom. The maximum absolute atomic E-state index is 12.9. The van der Waals surface area contributed by atoms with Gasteiger partial charge in [-0.2, -0.15) is 0 Å². The molecule has 29 heavy (non-hydrogen) atoms. The second kappa shape index (κ2) is 9.29. The van der Waals surface area contributed by atoms with Crippen LogP contribution in [0.1, 0.15) is 68.3 Å². The van der Waals surface area contributed by atoms with Crippen LogP contribution < -0.4 is 0 Å². The molecule has 3 rings (SSSR count). The topological polar surface area (TPSA) is 43.9 Å². The van der Waals surface area contributed by atoms with Gasteiger partial charge in [-0.15, -0.1) is 0 Å². The van der Waals surface area contributed by atoms with E-state index in [1.165, 1.54) is 19.3 Å². The first-order chi connectivity index (χ1) is 13.9. The van der Waals surface area contributed by atoms with Crippen molar-refractivity contribution >= 4 is 11.8 Å².